The van der Waals surface area contributed by atoms with Crippen LogP contribution in [0.5, 0.6) is 0 Å². The maximum absolute atomic E-state index is 5.52. The lowest BCUT2D eigenvalue weighted by molar-refractivity contribution is 0.0363. The average Bonchev–Trinajstić information content (AvgIpc) is 2.44. The van der Waals surface area contributed by atoms with Gasteiger partial charge in [0.05, 0.1) is 18.8 Å². The number of nitrogens with zero attached hydrogens (tertiary/aromatic N) is 1. The molecule has 1 unspecified atom stereocenters. The number of hydrogen-bond donors (Lipinski definition) is 0. The summed E-state index contributed by atoms with van der Waals surface area (Å²) >= 11 is 0. The third-order valence-electron chi connectivity index (χ3n) is 2.30. The fourth-order valence-corrected chi connectivity index (χ4v) is 1.66. The summed E-state index contributed by atoms with van der Waals surface area (Å²) in [5.74, 6) is 0. The highest BCUT2D eigenvalue weighted by atomic mass is 16.6. The molecule has 2 saturated heterocycles. The summed E-state index contributed by atoms with van der Waals surface area (Å²) in [6, 6.07) is 0.546. The van der Waals surface area contributed by atoms with Gasteiger partial charge in [0.2, 0.25) is 0 Å². The molecule has 2 atom stereocenters. The van der Waals surface area contributed by atoms with E-state index in [4.69, 9.17) is 9.47 Å². The van der Waals surface area contributed by atoms with Crippen molar-refractivity contribution in [1.29, 1.82) is 0 Å². The van der Waals surface area contributed by atoms with Gasteiger partial charge < -0.3 is 9.47 Å². The van der Waals surface area contributed by atoms with Crippen LogP contribution in [0.4, 0.5) is 0 Å². The van der Waals surface area contributed by atoms with Crippen molar-refractivity contribution in [3.05, 3.63) is 0 Å². The molecule has 2 aliphatic rings. The summed E-state index contributed by atoms with van der Waals surface area (Å²) in [4.78, 5) is 2.24. The van der Waals surface area contributed by atoms with Crippen molar-refractivity contribution in [2.45, 2.75) is 25.5 Å². The molecule has 2 rings (SSSR count). The second-order valence-electron chi connectivity index (χ2n) is 2.90. The Morgan fingerprint density at radius 1 is 1.50 bits per heavy atom. The second kappa shape index (κ2) is 2.49. The fraction of sp³-hybridized carbons (Fsp3) is 1.00. The number of fused-ring (bicyclic) bond motifs is 1. The molecule has 0 saturated carbocycles. The van der Waals surface area contributed by atoms with Crippen molar-refractivity contribution in [3.8, 4) is 0 Å². The van der Waals surface area contributed by atoms with Crippen molar-refractivity contribution in [2.75, 3.05) is 20.1 Å². The molecule has 0 N–H and O–H groups in total. The summed E-state index contributed by atoms with van der Waals surface area (Å²) in [5, 5.41) is 0. The quantitative estimate of drug-likeness (QED) is 0.530. The Kier molecular flexibility index (Phi) is 1.64. The van der Waals surface area contributed by atoms with Crippen LogP contribution in [-0.4, -0.2) is 37.1 Å². The Morgan fingerprint density at radius 2 is 2.40 bits per heavy atom. The van der Waals surface area contributed by atoms with E-state index in [-0.39, 0.29) is 0 Å². The molecule has 2 aliphatic heterocycles. The standard InChI is InChI=1S/C7H13NO2/c1-2-7-6-3-9-4-8(6)5-10-7/h6-7H,2-5H2,1H3/t6?,7-/m1/s1. The van der Waals surface area contributed by atoms with Gasteiger partial charge in [-0.2, -0.15) is 0 Å². The van der Waals surface area contributed by atoms with E-state index >= 15 is 0 Å². The van der Waals surface area contributed by atoms with E-state index in [1.54, 1.807) is 0 Å². The zero-order chi connectivity index (χ0) is 6.97. The van der Waals surface area contributed by atoms with E-state index in [0.717, 1.165) is 26.5 Å². The molecule has 0 aromatic carbocycles. The molecule has 0 radical (unpaired) electrons. The Hall–Kier alpha value is -0.120. The first-order valence-corrected chi connectivity index (χ1v) is 3.85. The van der Waals surface area contributed by atoms with Gasteiger partial charge in [-0.05, 0) is 6.42 Å². The highest BCUT2D eigenvalue weighted by Crippen LogP contribution is 2.23. The van der Waals surface area contributed by atoms with E-state index in [9.17, 15) is 0 Å². The molecule has 0 aromatic rings. The van der Waals surface area contributed by atoms with Crippen LogP contribution in [0.25, 0.3) is 0 Å². The Morgan fingerprint density at radius 3 is 3.20 bits per heavy atom. The van der Waals surface area contributed by atoms with Crippen molar-refractivity contribution >= 4 is 0 Å². The average molecular weight is 143 g/mol. The molecule has 3 heteroatoms. The maximum atomic E-state index is 5.52. The first kappa shape index (κ1) is 6.58. The van der Waals surface area contributed by atoms with Gasteiger partial charge in [0.15, 0.2) is 0 Å². The number of ether oxygens (including phenoxy) is 2. The highest BCUT2D eigenvalue weighted by Gasteiger charge is 2.37. The van der Waals surface area contributed by atoms with Crippen molar-refractivity contribution in [1.82, 2.24) is 4.90 Å². The van der Waals surface area contributed by atoms with Crippen LogP contribution in [0, 0.1) is 0 Å². The SMILES string of the molecule is CC[C@H]1OCN2COCC12. The van der Waals surface area contributed by atoms with E-state index in [0.29, 0.717) is 12.1 Å². The van der Waals surface area contributed by atoms with Crippen LogP contribution in [-0.2, 0) is 9.47 Å². The molecule has 58 valence electrons. The summed E-state index contributed by atoms with van der Waals surface area (Å²) < 4.78 is 10.8. The third-order valence-corrected chi connectivity index (χ3v) is 2.30. The highest BCUT2D eigenvalue weighted by molar-refractivity contribution is 4.84. The van der Waals surface area contributed by atoms with Gasteiger partial charge in [-0.15, -0.1) is 0 Å². The lowest BCUT2D eigenvalue weighted by Crippen LogP contribution is -2.30. The zero-order valence-corrected chi connectivity index (χ0v) is 6.25. The van der Waals surface area contributed by atoms with Crippen LogP contribution in [0.2, 0.25) is 0 Å². The molecule has 0 amide bonds. The van der Waals surface area contributed by atoms with E-state index in [2.05, 4.69) is 11.8 Å². The van der Waals surface area contributed by atoms with Gasteiger partial charge in [-0.25, -0.2) is 4.90 Å². The predicted molar refractivity (Wildman–Crippen MR) is 36.5 cm³/mol. The molecule has 0 bridgehead atoms. The van der Waals surface area contributed by atoms with Crippen molar-refractivity contribution < 1.29 is 9.47 Å². The predicted octanol–water partition coefficient (Wildman–Crippen LogP) is 0.411. The molecule has 3 nitrogen and oxygen atoms in total. The summed E-state index contributed by atoms with van der Waals surface area (Å²) in [7, 11) is 0. The molecule has 0 aliphatic carbocycles. The van der Waals surface area contributed by atoms with Gasteiger partial charge >= 0.3 is 0 Å². The normalized spacial score (nSPS) is 40.5. The van der Waals surface area contributed by atoms with Crippen molar-refractivity contribution in [2.24, 2.45) is 0 Å². The monoisotopic (exact) mass is 143 g/mol. The van der Waals surface area contributed by atoms with Gasteiger partial charge in [0, 0.05) is 0 Å². The largest absolute Gasteiger partial charge is 0.364 e. The smallest absolute Gasteiger partial charge is 0.102 e. The van der Waals surface area contributed by atoms with E-state index in [1.165, 1.54) is 0 Å². The lowest BCUT2D eigenvalue weighted by Gasteiger charge is -2.12. The summed E-state index contributed by atoms with van der Waals surface area (Å²) in [5.41, 5.74) is 0. The Balaban J connectivity index is 2.01. The van der Waals surface area contributed by atoms with Crippen LogP contribution in [0.15, 0.2) is 0 Å². The van der Waals surface area contributed by atoms with Crippen molar-refractivity contribution in [3.63, 3.8) is 0 Å². The molecule has 0 spiro atoms. The van der Waals surface area contributed by atoms with Gasteiger partial charge in [-0.1, -0.05) is 6.92 Å². The first-order chi connectivity index (χ1) is 4.92. The molecule has 0 aromatic heterocycles. The summed E-state index contributed by atoms with van der Waals surface area (Å²) in [6.45, 7) is 4.55. The van der Waals surface area contributed by atoms with Gasteiger partial charge in [0.25, 0.3) is 0 Å². The first-order valence-electron chi connectivity index (χ1n) is 3.85. The Bertz CT molecular complexity index is 129. The minimum Gasteiger partial charge on any atom is -0.364 e. The van der Waals surface area contributed by atoms with E-state index < -0.39 is 0 Å². The maximum Gasteiger partial charge on any atom is 0.102 e. The van der Waals surface area contributed by atoms with Gasteiger partial charge in [0.1, 0.15) is 13.5 Å². The second-order valence-corrected chi connectivity index (χ2v) is 2.90. The molecule has 2 fully saturated rings. The Labute approximate surface area is 60.9 Å². The van der Waals surface area contributed by atoms with Crippen LogP contribution >= 0.6 is 0 Å². The fourth-order valence-electron chi connectivity index (χ4n) is 1.66. The molecule has 10 heavy (non-hydrogen) atoms. The topological polar surface area (TPSA) is 21.7 Å². The molecular formula is C7H13NO2. The van der Waals surface area contributed by atoms with E-state index in [1.807, 2.05) is 0 Å². The van der Waals surface area contributed by atoms with Crippen LogP contribution < -0.4 is 0 Å². The molecule has 2 heterocycles. The molecular weight excluding hydrogens is 130 g/mol. The minimum absolute atomic E-state index is 0.419. The number of rotatable bonds is 1. The minimum atomic E-state index is 0.419. The van der Waals surface area contributed by atoms with Gasteiger partial charge in [-0.3, -0.25) is 0 Å². The lowest BCUT2D eigenvalue weighted by atomic mass is 10.1. The zero-order valence-electron chi connectivity index (χ0n) is 6.25. The third kappa shape index (κ3) is 0.856. The summed E-state index contributed by atoms with van der Waals surface area (Å²) in [6.07, 6.45) is 1.52. The van der Waals surface area contributed by atoms with Crippen LogP contribution in [0.1, 0.15) is 13.3 Å². The number of hydrogen-bond acceptors (Lipinski definition) is 3. The van der Waals surface area contributed by atoms with Crippen LogP contribution in [0.3, 0.4) is 0 Å².